The molecule has 2 aromatic carbocycles. The second kappa shape index (κ2) is 14.0. The predicted molar refractivity (Wildman–Crippen MR) is 156 cm³/mol. The second-order valence-electron chi connectivity index (χ2n) is 9.42. The molecule has 3 rings (SSSR count). The number of nitrogens with zero attached hydrogens (tertiary/aromatic N) is 3. The molecule has 12 nitrogen and oxygen atoms in total. The molecule has 12 heteroatoms. The number of rotatable bonds is 10. The van der Waals surface area contributed by atoms with Gasteiger partial charge < -0.3 is 30.2 Å². The molecule has 0 atom stereocenters. The molecular weight excluding hydrogens is 542 g/mol. The number of hydrogen-bond acceptors (Lipinski definition) is 8. The van der Waals surface area contributed by atoms with Gasteiger partial charge in [-0.05, 0) is 68.7 Å². The molecule has 1 aromatic heterocycles. The summed E-state index contributed by atoms with van der Waals surface area (Å²) in [4.78, 5) is 55.8. The Kier molecular flexibility index (Phi) is 10.4. The molecule has 0 spiro atoms. The van der Waals surface area contributed by atoms with Crippen LogP contribution in [-0.2, 0) is 27.7 Å². The average Bonchev–Trinajstić information content (AvgIpc) is 3.25. The third kappa shape index (κ3) is 7.53. The summed E-state index contributed by atoms with van der Waals surface area (Å²) in [6, 6.07) is 11.1. The second-order valence-corrected chi connectivity index (χ2v) is 9.42. The SMILES string of the molecule is CCNC(=O)c1ccc(C)c(N=C(N)c2c(C)c(C(=O)N(CC)C(=O)OCOC(=O)Cc3ccc(O)cc3)cn2C)c1. The summed E-state index contributed by atoms with van der Waals surface area (Å²) in [6.45, 7) is 6.78. The van der Waals surface area contributed by atoms with E-state index in [4.69, 9.17) is 15.2 Å². The third-order valence-electron chi connectivity index (χ3n) is 6.43. The van der Waals surface area contributed by atoms with E-state index in [9.17, 15) is 24.3 Å². The highest BCUT2D eigenvalue weighted by Crippen LogP contribution is 2.24. The number of carbonyl (C=O) groups excluding carboxylic acids is 4. The fourth-order valence-corrected chi connectivity index (χ4v) is 4.21. The maximum atomic E-state index is 13.3. The first kappa shape index (κ1) is 31.4. The molecule has 0 aliphatic rings. The van der Waals surface area contributed by atoms with Crippen LogP contribution in [0.25, 0.3) is 0 Å². The van der Waals surface area contributed by atoms with Gasteiger partial charge in [0.2, 0.25) is 6.79 Å². The highest BCUT2D eigenvalue weighted by atomic mass is 16.7. The minimum Gasteiger partial charge on any atom is -0.508 e. The number of hydrogen-bond donors (Lipinski definition) is 3. The lowest BCUT2D eigenvalue weighted by Gasteiger charge is -2.18. The number of phenols is 1. The van der Waals surface area contributed by atoms with Crippen LogP contribution < -0.4 is 11.1 Å². The van der Waals surface area contributed by atoms with E-state index in [0.717, 1.165) is 10.5 Å². The van der Waals surface area contributed by atoms with E-state index in [1.54, 1.807) is 62.0 Å². The van der Waals surface area contributed by atoms with Crippen molar-refractivity contribution in [2.24, 2.45) is 17.8 Å². The van der Waals surface area contributed by atoms with E-state index in [0.29, 0.717) is 34.6 Å². The van der Waals surface area contributed by atoms with Crippen LogP contribution in [0.15, 0.2) is 53.7 Å². The summed E-state index contributed by atoms with van der Waals surface area (Å²) in [5, 5.41) is 12.1. The fraction of sp³-hybridized carbons (Fsp3) is 0.300. The molecule has 0 saturated heterocycles. The van der Waals surface area contributed by atoms with Crippen LogP contribution in [-0.4, -0.2) is 64.2 Å². The normalized spacial score (nSPS) is 11.1. The first-order valence-corrected chi connectivity index (χ1v) is 13.3. The summed E-state index contributed by atoms with van der Waals surface area (Å²) >= 11 is 0. The lowest BCUT2D eigenvalue weighted by molar-refractivity contribution is -0.151. The Hall–Kier alpha value is -5.13. The molecule has 42 heavy (non-hydrogen) atoms. The van der Waals surface area contributed by atoms with Crippen molar-refractivity contribution in [3.63, 3.8) is 0 Å². The van der Waals surface area contributed by atoms with E-state index in [1.807, 2.05) is 13.8 Å². The first-order valence-electron chi connectivity index (χ1n) is 13.3. The fourth-order valence-electron chi connectivity index (χ4n) is 4.21. The number of carbonyl (C=O) groups is 4. The number of benzene rings is 2. The van der Waals surface area contributed by atoms with Crippen molar-refractivity contribution in [1.29, 1.82) is 0 Å². The Balaban J connectivity index is 1.72. The number of aliphatic imine (C=N–C) groups is 1. The summed E-state index contributed by atoms with van der Waals surface area (Å²) in [5.41, 5.74) is 9.90. The molecule has 3 amide bonds. The highest BCUT2D eigenvalue weighted by Gasteiger charge is 2.27. The lowest BCUT2D eigenvalue weighted by atomic mass is 10.1. The van der Waals surface area contributed by atoms with Crippen LogP contribution in [0.5, 0.6) is 5.75 Å². The van der Waals surface area contributed by atoms with Gasteiger partial charge in [-0.2, -0.15) is 0 Å². The standard InChI is InChI=1S/C30H35N5O7/c1-6-32-28(38)21-11-8-18(3)24(15-21)33-27(31)26-19(4)23(16-34(26)5)29(39)35(7-2)30(40)42-17-41-25(37)14-20-9-12-22(36)13-10-20/h8-13,15-16,36H,6-7,14,17H2,1-5H3,(H2,31,33)(H,32,38). The van der Waals surface area contributed by atoms with Gasteiger partial charge in [0.1, 0.15) is 11.6 Å². The average molecular weight is 578 g/mol. The Bertz CT molecular complexity index is 1510. The van der Waals surface area contributed by atoms with E-state index in [-0.39, 0.29) is 36.0 Å². The predicted octanol–water partition coefficient (Wildman–Crippen LogP) is 3.48. The quantitative estimate of drug-likeness (QED) is 0.143. The van der Waals surface area contributed by atoms with Gasteiger partial charge in [-0.25, -0.2) is 14.7 Å². The molecule has 0 radical (unpaired) electrons. The smallest absolute Gasteiger partial charge is 0.419 e. The number of ether oxygens (including phenoxy) is 2. The maximum absolute atomic E-state index is 13.3. The summed E-state index contributed by atoms with van der Waals surface area (Å²) < 4.78 is 11.6. The van der Waals surface area contributed by atoms with Gasteiger partial charge in [0, 0.05) is 31.9 Å². The third-order valence-corrected chi connectivity index (χ3v) is 6.43. The molecule has 0 saturated carbocycles. The minimum absolute atomic E-state index is 0.00181. The number of nitrogens with two attached hydrogens (primary N) is 1. The zero-order valence-corrected chi connectivity index (χ0v) is 24.3. The van der Waals surface area contributed by atoms with Gasteiger partial charge in [0.15, 0.2) is 0 Å². The van der Waals surface area contributed by atoms with Crippen molar-refractivity contribution < 1.29 is 33.8 Å². The molecule has 1 heterocycles. The number of aromatic nitrogens is 1. The van der Waals surface area contributed by atoms with Crippen LogP contribution in [0.4, 0.5) is 10.5 Å². The van der Waals surface area contributed by atoms with E-state index in [2.05, 4.69) is 10.3 Å². The lowest BCUT2D eigenvalue weighted by Crippen LogP contribution is -2.38. The molecule has 0 bridgehead atoms. The van der Waals surface area contributed by atoms with E-state index < -0.39 is 24.8 Å². The zero-order valence-electron chi connectivity index (χ0n) is 24.3. The van der Waals surface area contributed by atoms with Crippen LogP contribution in [0, 0.1) is 13.8 Å². The van der Waals surface area contributed by atoms with Gasteiger partial charge in [-0.15, -0.1) is 0 Å². The molecule has 0 fully saturated rings. The van der Waals surface area contributed by atoms with Crippen molar-refractivity contribution in [2.45, 2.75) is 34.1 Å². The van der Waals surface area contributed by atoms with Gasteiger partial charge in [-0.1, -0.05) is 18.2 Å². The van der Waals surface area contributed by atoms with Crippen molar-refractivity contribution >= 4 is 35.4 Å². The number of imide groups is 1. The summed E-state index contributed by atoms with van der Waals surface area (Å²) in [5.74, 6) is -1.31. The Labute approximate surface area is 243 Å². The number of aromatic hydroxyl groups is 1. The number of amidine groups is 1. The van der Waals surface area contributed by atoms with Crippen LogP contribution in [0.3, 0.4) is 0 Å². The molecule has 0 unspecified atom stereocenters. The topological polar surface area (TPSA) is 166 Å². The Morgan fingerprint density at radius 1 is 1.05 bits per heavy atom. The number of aryl methyl sites for hydroxylation is 2. The summed E-state index contributed by atoms with van der Waals surface area (Å²) in [6.07, 6.45) is 0.476. The van der Waals surface area contributed by atoms with Gasteiger partial charge in [0.25, 0.3) is 11.8 Å². The van der Waals surface area contributed by atoms with E-state index in [1.165, 1.54) is 12.1 Å². The molecule has 0 aliphatic heterocycles. The van der Waals surface area contributed by atoms with Crippen molar-refractivity contribution in [1.82, 2.24) is 14.8 Å². The van der Waals surface area contributed by atoms with Gasteiger partial charge >= 0.3 is 12.1 Å². The zero-order chi connectivity index (χ0) is 31.0. The van der Waals surface area contributed by atoms with Crippen molar-refractivity contribution in [3.8, 4) is 5.75 Å². The molecule has 222 valence electrons. The van der Waals surface area contributed by atoms with Crippen LogP contribution in [0.2, 0.25) is 0 Å². The highest BCUT2D eigenvalue weighted by molar-refractivity contribution is 6.07. The number of phenolic OH excluding ortho intramolecular Hbond substituents is 1. The molecular formula is C30H35N5O7. The van der Waals surface area contributed by atoms with Gasteiger partial charge in [-0.3, -0.25) is 14.4 Å². The van der Waals surface area contributed by atoms with Crippen molar-refractivity contribution in [3.05, 3.63) is 82.2 Å². The minimum atomic E-state index is -0.982. The van der Waals surface area contributed by atoms with Crippen LogP contribution >= 0.6 is 0 Å². The molecule has 4 N–H and O–H groups in total. The van der Waals surface area contributed by atoms with Gasteiger partial charge in [0.05, 0.1) is 23.4 Å². The number of nitrogens with one attached hydrogen (secondary N) is 1. The number of esters is 1. The monoisotopic (exact) mass is 577 g/mol. The summed E-state index contributed by atoms with van der Waals surface area (Å²) in [7, 11) is 1.70. The Morgan fingerprint density at radius 2 is 1.74 bits per heavy atom. The van der Waals surface area contributed by atoms with Crippen LogP contribution in [0.1, 0.15) is 56.9 Å². The number of amides is 3. The molecule has 3 aromatic rings. The first-order chi connectivity index (χ1) is 20.0. The van der Waals surface area contributed by atoms with Crippen molar-refractivity contribution in [2.75, 3.05) is 19.9 Å². The molecule has 0 aliphatic carbocycles. The largest absolute Gasteiger partial charge is 0.508 e. The Morgan fingerprint density at radius 3 is 2.38 bits per heavy atom. The van der Waals surface area contributed by atoms with E-state index >= 15 is 0 Å². The maximum Gasteiger partial charge on any atom is 0.419 e.